The summed E-state index contributed by atoms with van der Waals surface area (Å²) in [6.45, 7) is -0.323. The van der Waals surface area contributed by atoms with Crippen LogP contribution in [0, 0.1) is 0 Å². The number of carbonyl (C=O) groups excluding carboxylic acids is 1. The van der Waals surface area contributed by atoms with Crippen LogP contribution in [0.1, 0.15) is 16.2 Å². The SMILES string of the molecule is O=C1c2ccccc2S(=O)(=O)N1Cc1nc(-c2ccc(Cl)cc2)no1. The number of hydrogen-bond donors (Lipinski definition) is 0. The van der Waals surface area contributed by atoms with Gasteiger partial charge in [-0.15, -0.1) is 0 Å². The number of aromatic nitrogens is 2. The minimum atomic E-state index is -3.92. The number of fused-ring (bicyclic) bond motifs is 1. The second-order valence-corrected chi connectivity index (χ2v) is 7.60. The summed E-state index contributed by atoms with van der Waals surface area (Å²) in [5, 5.41) is 4.39. The lowest BCUT2D eigenvalue weighted by molar-refractivity contribution is 0.0855. The van der Waals surface area contributed by atoms with Crippen molar-refractivity contribution in [2.24, 2.45) is 0 Å². The summed E-state index contributed by atoms with van der Waals surface area (Å²) in [6.07, 6.45) is 0. The van der Waals surface area contributed by atoms with Crippen LogP contribution < -0.4 is 0 Å². The van der Waals surface area contributed by atoms with Crippen molar-refractivity contribution in [2.75, 3.05) is 0 Å². The zero-order chi connectivity index (χ0) is 17.6. The fraction of sp³-hybridized carbons (Fsp3) is 0.0625. The van der Waals surface area contributed by atoms with E-state index in [0.29, 0.717) is 10.6 Å². The smallest absolute Gasteiger partial charge is 0.269 e. The van der Waals surface area contributed by atoms with Gasteiger partial charge in [-0.2, -0.15) is 4.98 Å². The highest BCUT2D eigenvalue weighted by Gasteiger charge is 2.41. The fourth-order valence-electron chi connectivity index (χ4n) is 2.55. The first-order valence-corrected chi connectivity index (χ1v) is 9.03. The molecule has 0 radical (unpaired) electrons. The second-order valence-electron chi connectivity index (χ2n) is 5.33. The van der Waals surface area contributed by atoms with E-state index in [1.165, 1.54) is 12.1 Å². The summed E-state index contributed by atoms with van der Waals surface area (Å²) in [7, 11) is -3.92. The van der Waals surface area contributed by atoms with Gasteiger partial charge in [0.05, 0.1) is 5.56 Å². The molecule has 1 aliphatic heterocycles. The second kappa shape index (κ2) is 5.68. The molecule has 9 heteroatoms. The number of carbonyl (C=O) groups is 1. The van der Waals surface area contributed by atoms with Crippen molar-refractivity contribution in [1.82, 2.24) is 14.4 Å². The van der Waals surface area contributed by atoms with Crippen LogP contribution in [0.15, 0.2) is 57.9 Å². The molecule has 4 rings (SSSR count). The van der Waals surface area contributed by atoms with Gasteiger partial charge in [-0.1, -0.05) is 28.9 Å². The molecule has 25 heavy (non-hydrogen) atoms. The van der Waals surface area contributed by atoms with E-state index in [1.54, 1.807) is 36.4 Å². The molecular weight excluding hydrogens is 366 g/mol. The maximum Gasteiger partial charge on any atom is 0.269 e. The number of amides is 1. The molecule has 0 N–H and O–H groups in total. The quantitative estimate of drug-likeness (QED) is 0.698. The maximum atomic E-state index is 12.5. The Bertz CT molecular complexity index is 1080. The monoisotopic (exact) mass is 375 g/mol. The number of rotatable bonds is 3. The maximum absolute atomic E-state index is 12.5. The van der Waals surface area contributed by atoms with Crippen molar-refractivity contribution >= 4 is 27.5 Å². The Hall–Kier alpha value is -2.71. The van der Waals surface area contributed by atoms with Crippen LogP contribution in [0.2, 0.25) is 5.02 Å². The molecule has 0 atom stereocenters. The summed E-state index contributed by atoms with van der Waals surface area (Å²) in [6, 6.07) is 12.8. The lowest BCUT2D eigenvalue weighted by atomic mass is 10.2. The molecule has 0 fully saturated rings. The van der Waals surface area contributed by atoms with E-state index in [2.05, 4.69) is 10.1 Å². The van der Waals surface area contributed by atoms with Crippen molar-refractivity contribution in [3.8, 4) is 11.4 Å². The zero-order valence-corrected chi connectivity index (χ0v) is 14.2. The molecule has 7 nitrogen and oxygen atoms in total. The van der Waals surface area contributed by atoms with Crippen LogP contribution in [-0.2, 0) is 16.6 Å². The van der Waals surface area contributed by atoms with Crippen LogP contribution in [0.25, 0.3) is 11.4 Å². The molecule has 1 amide bonds. The normalized spacial score (nSPS) is 15.4. The minimum absolute atomic E-state index is 0.0163. The molecular formula is C16H10ClN3O4S. The van der Waals surface area contributed by atoms with Crippen LogP contribution >= 0.6 is 11.6 Å². The van der Waals surface area contributed by atoms with Gasteiger partial charge in [0.15, 0.2) is 0 Å². The molecule has 0 aliphatic carbocycles. The zero-order valence-electron chi connectivity index (χ0n) is 12.6. The van der Waals surface area contributed by atoms with Gasteiger partial charge in [0.2, 0.25) is 11.7 Å². The van der Waals surface area contributed by atoms with Gasteiger partial charge in [0, 0.05) is 10.6 Å². The standard InChI is InChI=1S/C16H10ClN3O4S/c17-11-7-5-10(6-8-11)15-18-14(24-19-15)9-20-16(21)12-3-1-2-4-13(12)25(20,22)23/h1-8H,9H2. The average Bonchev–Trinajstić information content (AvgIpc) is 3.14. The topological polar surface area (TPSA) is 93.4 Å². The van der Waals surface area contributed by atoms with E-state index in [4.69, 9.17) is 16.1 Å². The Kier molecular flexibility index (Phi) is 3.59. The first-order valence-electron chi connectivity index (χ1n) is 7.21. The lowest BCUT2D eigenvalue weighted by Crippen LogP contribution is -2.29. The molecule has 0 spiro atoms. The fourth-order valence-corrected chi connectivity index (χ4v) is 4.19. The Morgan fingerprint density at radius 3 is 2.52 bits per heavy atom. The predicted octanol–water partition coefficient (Wildman–Crippen LogP) is 2.73. The van der Waals surface area contributed by atoms with E-state index < -0.39 is 15.9 Å². The Morgan fingerprint density at radius 1 is 1.08 bits per heavy atom. The van der Waals surface area contributed by atoms with E-state index in [-0.39, 0.29) is 28.7 Å². The van der Waals surface area contributed by atoms with Crippen LogP contribution in [0.4, 0.5) is 0 Å². The third kappa shape index (κ3) is 2.59. The first-order chi connectivity index (χ1) is 12.0. The first kappa shape index (κ1) is 15.8. The van der Waals surface area contributed by atoms with Crippen molar-refractivity contribution in [1.29, 1.82) is 0 Å². The Labute approximate surface area is 147 Å². The van der Waals surface area contributed by atoms with Crippen molar-refractivity contribution in [3.05, 3.63) is 65.0 Å². The summed E-state index contributed by atoms with van der Waals surface area (Å²) >= 11 is 5.83. The van der Waals surface area contributed by atoms with Crippen molar-refractivity contribution in [3.63, 3.8) is 0 Å². The predicted molar refractivity (Wildman–Crippen MR) is 88.2 cm³/mol. The Balaban J connectivity index is 1.64. The van der Waals surface area contributed by atoms with Gasteiger partial charge in [-0.25, -0.2) is 12.7 Å². The number of sulfonamides is 1. The van der Waals surface area contributed by atoms with Gasteiger partial charge >= 0.3 is 0 Å². The summed E-state index contributed by atoms with van der Waals surface area (Å²) < 4.78 is 30.9. The van der Waals surface area contributed by atoms with Gasteiger partial charge in [0.1, 0.15) is 11.4 Å². The van der Waals surface area contributed by atoms with Gasteiger partial charge in [-0.05, 0) is 36.4 Å². The van der Waals surface area contributed by atoms with Gasteiger partial charge in [0.25, 0.3) is 15.9 Å². The van der Waals surface area contributed by atoms with Crippen LogP contribution in [-0.4, -0.2) is 28.8 Å². The largest absolute Gasteiger partial charge is 0.337 e. The van der Waals surface area contributed by atoms with Gasteiger partial charge < -0.3 is 4.52 Å². The van der Waals surface area contributed by atoms with Gasteiger partial charge in [-0.3, -0.25) is 4.79 Å². The van der Waals surface area contributed by atoms with E-state index >= 15 is 0 Å². The lowest BCUT2D eigenvalue weighted by Gasteiger charge is -2.11. The molecule has 1 aliphatic rings. The molecule has 0 saturated heterocycles. The van der Waals surface area contributed by atoms with E-state index in [9.17, 15) is 13.2 Å². The summed E-state index contributed by atoms with van der Waals surface area (Å²) in [5.74, 6) is -0.301. The molecule has 2 heterocycles. The molecule has 0 unspecified atom stereocenters. The highest BCUT2D eigenvalue weighted by Crippen LogP contribution is 2.31. The average molecular weight is 376 g/mol. The highest BCUT2D eigenvalue weighted by molar-refractivity contribution is 7.90. The molecule has 1 aromatic heterocycles. The molecule has 0 bridgehead atoms. The highest BCUT2D eigenvalue weighted by atomic mass is 35.5. The third-order valence-corrected chi connectivity index (χ3v) is 5.80. The van der Waals surface area contributed by atoms with Crippen LogP contribution in [0.3, 0.4) is 0 Å². The number of nitrogens with zero attached hydrogens (tertiary/aromatic N) is 3. The number of hydrogen-bond acceptors (Lipinski definition) is 6. The number of benzene rings is 2. The van der Waals surface area contributed by atoms with E-state index in [0.717, 1.165) is 4.31 Å². The number of halogens is 1. The molecule has 126 valence electrons. The summed E-state index contributed by atoms with van der Waals surface area (Å²) in [5.41, 5.74) is 0.804. The third-order valence-electron chi connectivity index (χ3n) is 3.76. The van der Waals surface area contributed by atoms with E-state index in [1.807, 2.05) is 0 Å². The minimum Gasteiger partial charge on any atom is -0.337 e. The Morgan fingerprint density at radius 2 is 1.80 bits per heavy atom. The molecule has 0 saturated carbocycles. The van der Waals surface area contributed by atoms with Crippen LogP contribution in [0.5, 0.6) is 0 Å². The summed E-state index contributed by atoms with van der Waals surface area (Å²) in [4.78, 5) is 16.5. The molecule has 3 aromatic rings. The molecule has 2 aromatic carbocycles. The van der Waals surface area contributed by atoms with Crippen molar-refractivity contribution < 1.29 is 17.7 Å². The van der Waals surface area contributed by atoms with Crippen molar-refractivity contribution in [2.45, 2.75) is 11.4 Å².